The minimum Gasteiger partial charge on any atom is -0.399 e. The maximum Gasteiger partial charge on any atom is 0.228 e. The molecule has 0 aromatic heterocycles. The van der Waals surface area contributed by atoms with Crippen molar-refractivity contribution in [2.24, 2.45) is 0 Å². The number of carbonyl (C=O) groups excluding carboxylic acids is 1. The fourth-order valence-corrected chi connectivity index (χ4v) is 2.14. The summed E-state index contributed by atoms with van der Waals surface area (Å²) in [6.07, 6.45) is 0.245. The van der Waals surface area contributed by atoms with Crippen molar-refractivity contribution in [1.29, 1.82) is 0 Å². The number of nitrogens with two attached hydrogens (primary N) is 1. The van der Waals surface area contributed by atoms with E-state index in [-0.39, 0.29) is 18.1 Å². The summed E-state index contributed by atoms with van der Waals surface area (Å²) < 4.78 is 13.6. The van der Waals surface area contributed by atoms with E-state index in [0.29, 0.717) is 21.4 Å². The van der Waals surface area contributed by atoms with Crippen LogP contribution in [-0.2, 0) is 11.2 Å². The van der Waals surface area contributed by atoms with Crippen LogP contribution in [0, 0.1) is 12.7 Å². The first-order chi connectivity index (χ1) is 9.45. The zero-order valence-corrected chi connectivity index (χ0v) is 12.5. The zero-order chi connectivity index (χ0) is 14.7. The van der Waals surface area contributed by atoms with E-state index in [1.165, 1.54) is 6.07 Å². The van der Waals surface area contributed by atoms with E-state index in [9.17, 15) is 9.18 Å². The van der Waals surface area contributed by atoms with Crippen LogP contribution in [0.1, 0.15) is 11.1 Å². The number of hydrogen-bond acceptors (Lipinski definition) is 2. The summed E-state index contributed by atoms with van der Waals surface area (Å²) in [5.74, 6) is -0.504. The van der Waals surface area contributed by atoms with Gasteiger partial charge >= 0.3 is 0 Å². The lowest BCUT2D eigenvalue weighted by molar-refractivity contribution is -0.115. The van der Waals surface area contributed by atoms with Crippen LogP contribution in [0.25, 0.3) is 0 Å². The number of benzene rings is 2. The van der Waals surface area contributed by atoms with Crippen molar-refractivity contribution < 1.29 is 9.18 Å². The van der Waals surface area contributed by atoms with Crippen LogP contribution >= 0.6 is 15.9 Å². The molecule has 104 valence electrons. The van der Waals surface area contributed by atoms with Gasteiger partial charge < -0.3 is 11.1 Å². The highest BCUT2D eigenvalue weighted by Gasteiger charge is 2.09. The van der Waals surface area contributed by atoms with Gasteiger partial charge in [0.2, 0.25) is 5.91 Å². The minimum atomic E-state index is -0.348. The normalized spacial score (nSPS) is 10.3. The molecule has 20 heavy (non-hydrogen) atoms. The highest BCUT2D eigenvalue weighted by Crippen LogP contribution is 2.24. The maximum absolute atomic E-state index is 13.3. The number of hydrogen-bond donors (Lipinski definition) is 2. The van der Waals surface area contributed by atoms with Gasteiger partial charge in [-0.05, 0) is 58.2 Å². The quantitative estimate of drug-likeness (QED) is 0.840. The van der Waals surface area contributed by atoms with Gasteiger partial charge in [0, 0.05) is 11.4 Å². The van der Waals surface area contributed by atoms with Crippen LogP contribution in [0.15, 0.2) is 40.9 Å². The van der Waals surface area contributed by atoms with Crippen LogP contribution in [0.2, 0.25) is 0 Å². The van der Waals surface area contributed by atoms with Gasteiger partial charge in [0.05, 0.1) is 10.9 Å². The number of amides is 1. The largest absolute Gasteiger partial charge is 0.399 e. The summed E-state index contributed by atoms with van der Waals surface area (Å²) in [5, 5.41) is 2.77. The van der Waals surface area contributed by atoms with Gasteiger partial charge in [-0.1, -0.05) is 12.1 Å². The first-order valence-electron chi connectivity index (χ1n) is 6.05. The van der Waals surface area contributed by atoms with Crippen molar-refractivity contribution in [3.63, 3.8) is 0 Å². The van der Waals surface area contributed by atoms with E-state index >= 15 is 0 Å². The Morgan fingerprint density at radius 3 is 2.60 bits per heavy atom. The number of anilines is 2. The monoisotopic (exact) mass is 336 g/mol. The number of aryl methyl sites for hydroxylation is 1. The molecule has 0 aliphatic rings. The Morgan fingerprint density at radius 2 is 1.95 bits per heavy atom. The fraction of sp³-hybridized carbons (Fsp3) is 0.133. The molecule has 3 N–H and O–H groups in total. The minimum absolute atomic E-state index is 0.156. The summed E-state index contributed by atoms with van der Waals surface area (Å²) in [6, 6.07) is 10.1. The van der Waals surface area contributed by atoms with E-state index in [4.69, 9.17) is 5.73 Å². The lowest BCUT2D eigenvalue weighted by Gasteiger charge is -2.10. The molecular weight excluding hydrogens is 323 g/mol. The first-order valence-corrected chi connectivity index (χ1v) is 6.85. The van der Waals surface area contributed by atoms with Crippen LogP contribution < -0.4 is 11.1 Å². The third kappa shape index (κ3) is 3.57. The molecule has 0 saturated heterocycles. The molecule has 0 unspecified atom stereocenters. The number of rotatable bonds is 3. The number of carbonyl (C=O) groups is 1. The molecule has 0 heterocycles. The van der Waals surface area contributed by atoms with E-state index in [1.54, 1.807) is 25.1 Å². The van der Waals surface area contributed by atoms with Crippen molar-refractivity contribution in [1.82, 2.24) is 0 Å². The summed E-state index contributed by atoms with van der Waals surface area (Å²) in [5.41, 5.74) is 8.39. The second-order valence-electron chi connectivity index (χ2n) is 4.55. The smallest absolute Gasteiger partial charge is 0.228 e. The molecule has 0 radical (unpaired) electrons. The van der Waals surface area contributed by atoms with E-state index in [0.717, 1.165) is 5.56 Å². The zero-order valence-electron chi connectivity index (χ0n) is 10.9. The summed E-state index contributed by atoms with van der Waals surface area (Å²) >= 11 is 3.10. The molecular formula is C15H14BrFN2O. The van der Waals surface area contributed by atoms with E-state index in [2.05, 4.69) is 21.2 Å². The molecule has 0 spiro atoms. The molecule has 0 saturated carbocycles. The SMILES string of the molecule is Cc1cc(F)c(Br)cc1NC(=O)Cc1ccc(N)cc1. The summed E-state index contributed by atoms with van der Waals surface area (Å²) in [4.78, 5) is 12.0. The fourth-order valence-electron chi connectivity index (χ4n) is 1.80. The molecule has 3 nitrogen and oxygen atoms in total. The van der Waals surface area contributed by atoms with Crippen molar-refractivity contribution in [3.8, 4) is 0 Å². The number of nitrogens with one attached hydrogen (secondary N) is 1. The van der Waals surface area contributed by atoms with Crippen molar-refractivity contribution in [3.05, 3.63) is 57.8 Å². The summed E-state index contributed by atoms with van der Waals surface area (Å²) in [7, 11) is 0. The highest BCUT2D eigenvalue weighted by atomic mass is 79.9. The lowest BCUT2D eigenvalue weighted by atomic mass is 10.1. The molecule has 0 bridgehead atoms. The van der Waals surface area contributed by atoms with Gasteiger partial charge in [-0.15, -0.1) is 0 Å². The summed E-state index contributed by atoms with van der Waals surface area (Å²) in [6.45, 7) is 1.74. The van der Waals surface area contributed by atoms with Crippen molar-refractivity contribution in [2.45, 2.75) is 13.3 Å². The predicted molar refractivity (Wildman–Crippen MR) is 82.0 cm³/mol. The Morgan fingerprint density at radius 1 is 1.30 bits per heavy atom. The first kappa shape index (κ1) is 14.5. The van der Waals surface area contributed by atoms with Gasteiger partial charge in [-0.2, -0.15) is 0 Å². The molecule has 5 heteroatoms. The number of halogens is 2. The third-order valence-corrected chi connectivity index (χ3v) is 3.49. The molecule has 0 aliphatic heterocycles. The Hall–Kier alpha value is -1.88. The molecule has 0 fully saturated rings. The van der Waals surface area contributed by atoms with Crippen LogP contribution in [0.3, 0.4) is 0 Å². The second kappa shape index (κ2) is 6.05. The van der Waals surface area contributed by atoms with E-state index < -0.39 is 0 Å². The van der Waals surface area contributed by atoms with Gasteiger partial charge in [0.25, 0.3) is 0 Å². The van der Waals surface area contributed by atoms with Crippen molar-refractivity contribution in [2.75, 3.05) is 11.1 Å². The Labute approximate surface area is 125 Å². The Bertz CT molecular complexity index is 641. The second-order valence-corrected chi connectivity index (χ2v) is 5.40. The van der Waals surface area contributed by atoms with Gasteiger partial charge in [-0.25, -0.2) is 4.39 Å². The topological polar surface area (TPSA) is 55.1 Å². The Kier molecular flexibility index (Phi) is 4.39. The van der Waals surface area contributed by atoms with Crippen LogP contribution in [-0.4, -0.2) is 5.91 Å². The average molecular weight is 337 g/mol. The molecule has 1 amide bonds. The molecule has 2 rings (SSSR count). The average Bonchev–Trinajstić information content (AvgIpc) is 2.39. The predicted octanol–water partition coefficient (Wildman–Crippen LogP) is 3.66. The number of nitrogen functional groups attached to an aromatic ring is 1. The van der Waals surface area contributed by atoms with Crippen LogP contribution in [0.4, 0.5) is 15.8 Å². The molecule has 2 aromatic carbocycles. The van der Waals surface area contributed by atoms with Crippen molar-refractivity contribution >= 4 is 33.2 Å². The van der Waals surface area contributed by atoms with Gasteiger partial charge in [-0.3, -0.25) is 4.79 Å². The van der Waals surface area contributed by atoms with Gasteiger partial charge in [0.1, 0.15) is 5.82 Å². The molecule has 2 aromatic rings. The standard InChI is InChI=1S/C15H14BrFN2O/c1-9-6-13(17)12(16)8-14(9)19-15(20)7-10-2-4-11(18)5-3-10/h2-6,8H,7,18H2,1H3,(H,19,20). The third-order valence-electron chi connectivity index (χ3n) is 2.89. The maximum atomic E-state index is 13.3. The highest BCUT2D eigenvalue weighted by molar-refractivity contribution is 9.10. The molecule has 0 atom stereocenters. The molecule has 0 aliphatic carbocycles. The van der Waals surface area contributed by atoms with E-state index in [1.807, 2.05) is 12.1 Å². The lowest BCUT2D eigenvalue weighted by Crippen LogP contribution is -2.15. The Balaban J connectivity index is 2.08. The van der Waals surface area contributed by atoms with Gasteiger partial charge in [0.15, 0.2) is 0 Å². The van der Waals surface area contributed by atoms with Crippen LogP contribution in [0.5, 0.6) is 0 Å².